The Bertz CT molecular complexity index is 1450. The zero-order chi connectivity index (χ0) is 28.4. The van der Waals surface area contributed by atoms with Crippen LogP contribution in [-0.2, 0) is 21.5 Å². The van der Waals surface area contributed by atoms with Crippen molar-refractivity contribution in [3.8, 4) is 0 Å². The number of nitrogens with two attached hydrogens (primary N) is 1. The van der Waals surface area contributed by atoms with E-state index in [9.17, 15) is 9.59 Å². The minimum absolute atomic E-state index is 0.0165. The van der Waals surface area contributed by atoms with Gasteiger partial charge in [0.2, 0.25) is 0 Å². The Hall–Kier alpha value is -4.25. The first-order chi connectivity index (χ1) is 20.0. The highest BCUT2D eigenvalue weighted by Gasteiger charge is 2.51. The van der Waals surface area contributed by atoms with E-state index in [0.29, 0.717) is 18.4 Å². The quantitative estimate of drug-likeness (QED) is 0.356. The van der Waals surface area contributed by atoms with Crippen molar-refractivity contribution in [1.29, 1.82) is 0 Å². The van der Waals surface area contributed by atoms with Gasteiger partial charge in [-0.05, 0) is 60.1 Å². The van der Waals surface area contributed by atoms with Gasteiger partial charge in [0.15, 0.2) is 17.3 Å². The topological polar surface area (TPSA) is 75.8 Å². The van der Waals surface area contributed by atoms with Gasteiger partial charge in [0.1, 0.15) is 0 Å². The summed E-state index contributed by atoms with van der Waals surface area (Å²) in [5.41, 5.74) is 8.93. The third-order valence-corrected chi connectivity index (χ3v) is 9.09. The van der Waals surface area contributed by atoms with Crippen LogP contribution in [0.3, 0.4) is 0 Å². The van der Waals surface area contributed by atoms with Crippen molar-refractivity contribution in [3.63, 3.8) is 0 Å². The van der Waals surface area contributed by atoms with E-state index in [4.69, 9.17) is 10.7 Å². The molecule has 1 amide bonds. The normalized spacial score (nSPS) is 24.9. The Kier molecular flexibility index (Phi) is 7.44. The van der Waals surface area contributed by atoms with Crippen LogP contribution in [0, 0.1) is 23.7 Å². The summed E-state index contributed by atoms with van der Waals surface area (Å²) in [6.07, 6.45) is 9.97. The van der Waals surface area contributed by atoms with E-state index in [1.54, 1.807) is 4.90 Å². The van der Waals surface area contributed by atoms with E-state index >= 15 is 0 Å². The standard InChI is InChI=1S/C36H37N3O2/c1-25-22-28(21-20-26-12-5-2-6-13-26)32(25)33(40)29-15-11-14-27(23-29)24-39-34(41)36(38-35(39)37,30-16-7-3-8-17-30)31-18-9-4-10-19-31/h2-13,15-19,23,25,27-28,32H,14,20-22,24H2,1H3,(H2,37,38). The van der Waals surface area contributed by atoms with E-state index in [2.05, 4.69) is 43.3 Å². The Balaban J connectivity index is 1.19. The molecule has 5 heteroatoms. The van der Waals surface area contributed by atoms with Crippen molar-refractivity contribution >= 4 is 17.6 Å². The van der Waals surface area contributed by atoms with Crippen LogP contribution in [-0.4, -0.2) is 29.1 Å². The molecule has 3 aromatic carbocycles. The van der Waals surface area contributed by atoms with Gasteiger partial charge in [0.25, 0.3) is 5.91 Å². The van der Waals surface area contributed by atoms with Crippen LogP contribution in [0.15, 0.2) is 120 Å². The maximum absolute atomic E-state index is 14.2. The molecule has 208 valence electrons. The number of carbonyl (C=O) groups is 2. The molecule has 41 heavy (non-hydrogen) atoms. The van der Waals surface area contributed by atoms with Crippen LogP contribution < -0.4 is 5.73 Å². The van der Waals surface area contributed by atoms with Crippen LogP contribution in [0.2, 0.25) is 0 Å². The highest BCUT2D eigenvalue weighted by Crippen LogP contribution is 2.45. The molecule has 5 nitrogen and oxygen atoms in total. The Morgan fingerprint density at radius 3 is 2.17 bits per heavy atom. The molecule has 1 heterocycles. The summed E-state index contributed by atoms with van der Waals surface area (Å²) in [4.78, 5) is 34.4. The second-order valence-corrected chi connectivity index (χ2v) is 11.7. The lowest BCUT2D eigenvalue weighted by atomic mass is 9.61. The zero-order valence-electron chi connectivity index (χ0n) is 23.5. The molecular weight excluding hydrogens is 506 g/mol. The van der Waals surface area contributed by atoms with E-state index in [1.807, 2.05) is 72.8 Å². The van der Waals surface area contributed by atoms with Gasteiger partial charge >= 0.3 is 0 Å². The number of aliphatic imine (C=N–C) groups is 1. The predicted octanol–water partition coefficient (Wildman–Crippen LogP) is 6.06. The number of guanidine groups is 1. The first-order valence-electron chi connectivity index (χ1n) is 14.7. The fourth-order valence-corrected chi connectivity index (χ4v) is 6.93. The van der Waals surface area contributed by atoms with Gasteiger partial charge in [-0.2, -0.15) is 0 Å². The second kappa shape index (κ2) is 11.3. The summed E-state index contributed by atoms with van der Waals surface area (Å²) in [6.45, 7) is 2.58. The summed E-state index contributed by atoms with van der Waals surface area (Å²) < 4.78 is 0. The number of aryl methyl sites for hydroxylation is 1. The van der Waals surface area contributed by atoms with Gasteiger partial charge in [0, 0.05) is 18.0 Å². The number of allylic oxidation sites excluding steroid dienone is 3. The Labute approximate surface area is 242 Å². The molecule has 3 aromatic rings. The summed E-state index contributed by atoms with van der Waals surface area (Å²) in [7, 11) is 0. The molecule has 3 aliphatic rings. The monoisotopic (exact) mass is 543 g/mol. The molecule has 0 saturated heterocycles. The largest absolute Gasteiger partial charge is 0.369 e. The average molecular weight is 544 g/mol. The van der Waals surface area contributed by atoms with Crippen LogP contribution in [0.1, 0.15) is 42.9 Å². The first-order valence-corrected chi connectivity index (χ1v) is 14.7. The first kappa shape index (κ1) is 26.9. The fourth-order valence-electron chi connectivity index (χ4n) is 6.93. The van der Waals surface area contributed by atoms with Gasteiger partial charge in [-0.25, -0.2) is 4.99 Å². The van der Waals surface area contributed by atoms with Crippen molar-refractivity contribution in [2.75, 3.05) is 6.54 Å². The molecule has 2 N–H and O–H groups in total. The third-order valence-electron chi connectivity index (χ3n) is 9.09. The number of amides is 1. The van der Waals surface area contributed by atoms with Crippen LogP contribution in [0.25, 0.3) is 0 Å². The minimum Gasteiger partial charge on any atom is -0.369 e. The van der Waals surface area contributed by atoms with Crippen molar-refractivity contribution in [2.24, 2.45) is 34.4 Å². The summed E-state index contributed by atoms with van der Waals surface area (Å²) >= 11 is 0. The Morgan fingerprint density at radius 1 is 0.951 bits per heavy atom. The lowest BCUT2D eigenvalue weighted by Gasteiger charge is -2.42. The van der Waals surface area contributed by atoms with Crippen LogP contribution >= 0.6 is 0 Å². The smallest absolute Gasteiger partial charge is 0.266 e. The maximum atomic E-state index is 14.2. The molecule has 1 fully saturated rings. The fraction of sp³-hybridized carbons (Fsp3) is 0.306. The lowest BCUT2D eigenvalue weighted by molar-refractivity contribution is -0.130. The maximum Gasteiger partial charge on any atom is 0.266 e. The van der Waals surface area contributed by atoms with Gasteiger partial charge in [-0.3, -0.25) is 14.5 Å². The lowest BCUT2D eigenvalue weighted by Crippen LogP contribution is -2.45. The average Bonchev–Trinajstić information content (AvgIpc) is 3.26. The number of Topliss-reactive ketones (excluding diaryl/α,β-unsaturated/α-hetero) is 1. The van der Waals surface area contributed by atoms with Gasteiger partial charge < -0.3 is 5.73 Å². The highest BCUT2D eigenvalue weighted by atomic mass is 16.2. The summed E-state index contributed by atoms with van der Waals surface area (Å²) in [5, 5.41) is 0. The molecule has 2 aliphatic carbocycles. The van der Waals surface area contributed by atoms with Crippen molar-refractivity contribution in [3.05, 3.63) is 131 Å². The molecular formula is C36H37N3O2. The van der Waals surface area contributed by atoms with E-state index < -0.39 is 5.54 Å². The van der Waals surface area contributed by atoms with Gasteiger partial charge in [-0.15, -0.1) is 0 Å². The predicted molar refractivity (Wildman–Crippen MR) is 163 cm³/mol. The molecule has 1 aliphatic heterocycles. The van der Waals surface area contributed by atoms with Crippen LogP contribution in [0.4, 0.5) is 0 Å². The van der Waals surface area contributed by atoms with E-state index in [-0.39, 0.29) is 29.5 Å². The molecule has 4 atom stereocenters. The van der Waals surface area contributed by atoms with E-state index in [0.717, 1.165) is 42.4 Å². The molecule has 0 bridgehead atoms. The molecule has 0 aromatic heterocycles. The SMILES string of the molecule is CC1CC(CCc2ccccc2)C1C(=O)C1=CC(CN2C(=O)C(c3ccccc3)(c3ccccc3)N=C2N)CC=C1. The molecule has 0 radical (unpaired) electrons. The zero-order valence-corrected chi connectivity index (χ0v) is 23.5. The molecule has 0 spiro atoms. The second-order valence-electron chi connectivity index (χ2n) is 11.7. The Morgan fingerprint density at radius 2 is 1.56 bits per heavy atom. The molecule has 1 saturated carbocycles. The number of hydrogen-bond donors (Lipinski definition) is 1. The number of hydrogen-bond acceptors (Lipinski definition) is 4. The summed E-state index contributed by atoms with van der Waals surface area (Å²) in [5.74, 6) is 1.13. The number of carbonyl (C=O) groups excluding carboxylic acids is 2. The van der Waals surface area contributed by atoms with Gasteiger partial charge in [-0.1, -0.05) is 116 Å². The van der Waals surface area contributed by atoms with Crippen molar-refractivity contribution in [1.82, 2.24) is 4.90 Å². The van der Waals surface area contributed by atoms with Gasteiger partial charge in [0.05, 0.1) is 0 Å². The van der Waals surface area contributed by atoms with Crippen molar-refractivity contribution < 1.29 is 9.59 Å². The van der Waals surface area contributed by atoms with Crippen LogP contribution in [0.5, 0.6) is 0 Å². The van der Waals surface area contributed by atoms with Crippen molar-refractivity contribution in [2.45, 2.75) is 38.1 Å². The molecule has 6 rings (SSSR count). The minimum atomic E-state index is -1.22. The number of nitrogens with zero attached hydrogens (tertiary/aromatic N) is 2. The number of ketones is 1. The number of benzene rings is 3. The third kappa shape index (κ3) is 5.06. The van der Waals surface area contributed by atoms with E-state index in [1.165, 1.54) is 5.56 Å². The molecule has 4 unspecified atom stereocenters. The summed E-state index contributed by atoms with van der Waals surface area (Å²) in [6, 6.07) is 29.8. The number of rotatable bonds is 9. The highest BCUT2D eigenvalue weighted by molar-refractivity contribution is 6.09.